The second-order valence-electron chi connectivity index (χ2n) is 18.4. The van der Waals surface area contributed by atoms with Crippen molar-refractivity contribution in [3.05, 3.63) is 276 Å². The predicted octanol–water partition coefficient (Wildman–Crippen LogP) is 16.6. The molecule has 66 heavy (non-hydrogen) atoms. The van der Waals surface area contributed by atoms with Gasteiger partial charge in [0.15, 0.2) is 0 Å². The van der Waals surface area contributed by atoms with Crippen molar-refractivity contribution in [3.8, 4) is 39.1 Å². The van der Waals surface area contributed by atoms with Crippen LogP contribution in [0, 0.1) is 0 Å². The zero-order valence-electron chi connectivity index (χ0n) is 37.0. The van der Waals surface area contributed by atoms with Crippen molar-refractivity contribution < 1.29 is 0 Å². The predicted molar refractivity (Wildman–Crippen MR) is 276 cm³/mol. The Kier molecular flexibility index (Phi) is 8.51. The number of fused-ring (bicyclic) bond motifs is 9. The molecule has 312 valence electrons. The van der Waals surface area contributed by atoms with Crippen molar-refractivity contribution in [2.45, 2.75) is 24.7 Å². The zero-order valence-corrected chi connectivity index (χ0v) is 37.0. The lowest BCUT2D eigenvalue weighted by molar-refractivity contribution is 0.660. The molecular formula is C64H46N2. The third-order valence-corrected chi connectivity index (χ3v) is 14.7. The molecule has 13 rings (SSSR count). The molecule has 0 atom stereocenters. The van der Waals surface area contributed by atoms with E-state index in [-0.39, 0.29) is 5.41 Å². The molecule has 2 aliphatic carbocycles. The molecule has 2 aliphatic rings. The molecule has 0 aliphatic heterocycles. The van der Waals surface area contributed by atoms with Crippen molar-refractivity contribution >= 4 is 38.9 Å². The summed E-state index contributed by atoms with van der Waals surface area (Å²) in [4.78, 5) is 2.51. The Morgan fingerprint density at radius 3 is 1.44 bits per heavy atom. The number of anilines is 3. The number of para-hydroxylation sites is 3. The largest absolute Gasteiger partial charge is 0.310 e. The molecule has 1 heterocycles. The molecule has 0 unspecified atom stereocenters. The lowest BCUT2D eigenvalue weighted by Crippen LogP contribution is -2.28. The number of benzene rings is 10. The summed E-state index contributed by atoms with van der Waals surface area (Å²) in [6, 6.07) is 90.0. The summed E-state index contributed by atoms with van der Waals surface area (Å²) in [5, 5.41) is 2.55. The maximum atomic E-state index is 2.51. The Balaban J connectivity index is 1.02. The van der Waals surface area contributed by atoms with Gasteiger partial charge in [-0.05, 0) is 116 Å². The first kappa shape index (κ1) is 38.3. The lowest BCUT2D eigenvalue weighted by atomic mass is 9.67. The van der Waals surface area contributed by atoms with Crippen LogP contribution in [0.15, 0.2) is 243 Å². The van der Waals surface area contributed by atoms with Crippen LogP contribution in [0.25, 0.3) is 60.9 Å². The highest BCUT2D eigenvalue weighted by Gasteiger charge is 2.46. The number of aromatic nitrogens is 1. The van der Waals surface area contributed by atoms with E-state index in [1.54, 1.807) is 0 Å². The van der Waals surface area contributed by atoms with Crippen LogP contribution >= 0.6 is 0 Å². The van der Waals surface area contributed by atoms with Crippen molar-refractivity contribution in [1.29, 1.82) is 0 Å². The minimum absolute atomic E-state index is 0.268. The van der Waals surface area contributed by atoms with Crippen LogP contribution in [0.2, 0.25) is 0 Å². The van der Waals surface area contributed by atoms with Crippen LogP contribution in [-0.2, 0) is 10.8 Å². The normalized spacial score (nSPS) is 13.8. The van der Waals surface area contributed by atoms with Gasteiger partial charge in [-0.25, -0.2) is 0 Å². The summed E-state index contributed by atoms with van der Waals surface area (Å²) in [5.74, 6) is 0. The van der Waals surface area contributed by atoms with E-state index in [9.17, 15) is 0 Å². The second kappa shape index (κ2) is 14.7. The molecule has 0 fully saturated rings. The Morgan fingerprint density at radius 1 is 0.348 bits per heavy atom. The first-order chi connectivity index (χ1) is 32.5. The number of nitrogens with zero attached hydrogens (tertiary/aromatic N) is 2. The third kappa shape index (κ3) is 5.48. The summed E-state index contributed by atoms with van der Waals surface area (Å²) in [7, 11) is 0. The number of rotatable bonds is 7. The smallest absolute Gasteiger partial charge is 0.0714 e. The SMILES string of the molecule is CC1(C)c2cc(N(c3ccc4c(c3)C(c3ccccc3)(c3ccccc3)c3ccccc3-4)c3ccccc3-c3ccccc3)ccc2-c2ccc(-n3c4ccccc4c4ccccc43)cc21. The Bertz CT molecular complexity index is 3580. The van der Waals surface area contributed by atoms with Gasteiger partial charge >= 0.3 is 0 Å². The van der Waals surface area contributed by atoms with E-state index in [1.165, 1.54) is 94.3 Å². The first-order valence-corrected chi connectivity index (χ1v) is 23.1. The van der Waals surface area contributed by atoms with E-state index in [0.29, 0.717) is 0 Å². The van der Waals surface area contributed by atoms with E-state index in [4.69, 9.17) is 0 Å². The molecule has 2 nitrogen and oxygen atoms in total. The van der Waals surface area contributed by atoms with Crippen molar-refractivity contribution in [2.24, 2.45) is 0 Å². The van der Waals surface area contributed by atoms with Gasteiger partial charge in [0.05, 0.1) is 22.1 Å². The molecule has 0 bridgehead atoms. The average molecular weight is 843 g/mol. The van der Waals surface area contributed by atoms with E-state index < -0.39 is 5.41 Å². The Hall–Kier alpha value is -8.20. The van der Waals surface area contributed by atoms with Gasteiger partial charge in [-0.3, -0.25) is 0 Å². The first-order valence-electron chi connectivity index (χ1n) is 23.1. The van der Waals surface area contributed by atoms with Crippen LogP contribution in [0.3, 0.4) is 0 Å². The fraction of sp³-hybridized carbons (Fsp3) is 0.0625. The number of hydrogen-bond donors (Lipinski definition) is 0. The summed E-state index contributed by atoms with van der Waals surface area (Å²) in [6.07, 6.45) is 0. The van der Waals surface area contributed by atoms with E-state index >= 15 is 0 Å². The summed E-state index contributed by atoms with van der Waals surface area (Å²) in [5.41, 5.74) is 21.5. The van der Waals surface area contributed by atoms with Crippen molar-refractivity contribution in [1.82, 2.24) is 4.57 Å². The molecule has 0 saturated carbocycles. The van der Waals surface area contributed by atoms with Crippen molar-refractivity contribution in [3.63, 3.8) is 0 Å². The van der Waals surface area contributed by atoms with Crippen LogP contribution in [0.5, 0.6) is 0 Å². The van der Waals surface area contributed by atoms with Gasteiger partial charge in [-0.1, -0.05) is 202 Å². The lowest BCUT2D eigenvalue weighted by Gasteiger charge is -2.35. The highest BCUT2D eigenvalue weighted by atomic mass is 15.1. The molecule has 11 aromatic rings. The highest BCUT2D eigenvalue weighted by molar-refractivity contribution is 6.09. The summed E-state index contributed by atoms with van der Waals surface area (Å²) >= 11 is 0. The highest BCUT2D eigenvalue weighted by Crippen LogP contribution is 2.58. The molecule has 0 spiro atoms. The topological polar surface area (TPSA) is 8.17 Å². The molecule has 0 amide bonds. The van der Waals surface area contributed by atoms with Gasteiger partial charge in [0, 0.05) is 38.8 Å². The molecule has 2 heteroatoms. The molecule has 10 aromatic carbocycles. The Morgan fingerprint density at radius 2 is 0.803 bits per heavy atom. The maximum absolute atomic E-state index is 2.51. The van der Waals surface area contributed by atoms with E-state index in [0.717, 1.165) is 17.1 Å². The molecule has 0 radical (unpaired) electrons. The standard InChI is InChI=1S/C64H46N2/c1-63(2)57-40-46(34-37-51(57)52-38-36-48(41-58(52)63)66-61-32-18-14-28-54(61)55-29-15-19-33-62(55)66)65(60-31-17-13-26-49(60)43-20-6-3-7-21-43)47-35-39-53-50-27-12-16-30-56(50)64(59(53)42-47,44-22-8-4-9-23-44)45-24-10-5-11-25-45/h3-42H,1-2H3. The summed E-state index contributed by atoms with van der Waals surface area (Å²) < 4.78 is 2.44. The number of hydrogen-bond acceptors (Lipinski definition) is 1. The van der Waals surface area contributed by atoms with Crippen LogP contribution < -0.4 is 4.90 Å². The minimum atomic E-state index is -0.523. The van der Waals surface area contributed by atoms with Gasteiger partial charge in [0.2, 0.25) is 0 Å². The zero-order chi connectivity index (χ0) is 44.0. The summed E-state index contributed by atoms with van der Waals surface area (Å²) in [6.45, 7) is 4.81. The Labute approximate surface area is 386 Å². The van der Waals surface area contributed by atoms with Crippen LogP contribution in [-0.4, -0.2) is 4.57 Å². The van der Waals surface area contributed by atoms with Crippen molar-refractivity contribution in [2.75, 3.05) is 4.90 Å². The fourth-order valence-corrected chi connectivity index (χ4v) is 11.7. The fourth-order valence-electron chi connectivity index (χ4n) is 11.7. The monoisotopic (exact) mass is 842 g/mol. The average Bonchev–Trinajstić information content (AvgIpc) is 3.96. The third-order valence-electron chi connectivity index (χ3n) is 14.7. The van der Waals surface area contributed by atoms with Crippen LogP contribution in [0.4, 0.5) is 17.1 Å². The van der Waals surface area contributed by atoms with Crippen LogP contribution in [0.1, 0.15) is 47.2 Å². The van der Waals surface area contributed by atoms with Gasteiger partial charge in [-0.15, -0.1) is 0 Å². The van der Waals surface area contributed by atoms with E-state index in [2.05, 4.69) is 266 Å². The second-order valence-corrected chi connectivity index (χ2v) is 18.4. The van der Waals surface area contributed by atoms with Gasteiger partial charge in [0.25, 0.3) is 0 Å². The van der Waals surface area contributed by atoms with E-state index in [1.807, 2.05) is 0 Å². The molecule has 0 N–H and O–H groups in total. The van der Waals surface area contributed by atoms with Gasteiger partial charge in [0.1, 0.15) is 0 Å². The molecule has 1 aromatic heterocycles. The molecular weight excluding hydrogens is 797 g/mol. The quantitative estimate of drug-likeness (QED) is 0.155. The maximum Gasteiger partial charge on any atom is 0.0714 e. The minimum Gasteiger partial charge on any atom is -0.310 e. The van der Waals surface area contributed by atoms with Gasteiger partial charge in [-0.2, -0.15) is 0 Å². The molecule has 0 saturated heterocycles. The van der Waals surface area contributed by atoms with Gasteiger partial charge < -0.3 is 9.47 Å².